The summed E-state index contributed by atoms with van der Waals surface area (Å²) in [5.74, 6) is 2.68. The van der Waals surface area contributed by atoms with Crippen LogP contribution in [0.5, 0.6) is 0 Å². The number of nitrogens with two attached hydrogens (primary N) is 4. The topological polar surface area (TPSA) is 263 Å². The molecule has 0 unspecified atom stereocenters. The number of hydrogen-bond acceptors (Lipinski definition) is 15. The van der Waals surface area contributed by atoms with Crippen LogP contribution in [-0.4, -0.2) is 168 Å². The zero-order valence-electron chi connectivity index (χ0n) is 39.0. The van der Waals surface area contributed by atoms with Gasteiger partial charge in [0.15, 0.2) is 0 Å². The zero-order chi connectivity index (χ0) is 46.2. The molecule has 356 valence electrons. The summed E-state index contributed by atoms with van der Waals surface area (Å²) in [5, 5.41) is 15.0. The molecule has 1 heterocycles. The molecule has 0 atom stereocenters. The van der Waals surface area contributed by atoms with E-state index in [0.29, 0.717) is 45.4 Å². The lowest BCUT2D eigenvalue weighted by Gasteiger charge is -2.34. The highest BCUT2D eigenvalue weighted by atomic mass is 16.7. The Kier molecular flexibility index (Phi) is 36.4. The first-order valence-electron chi connectivity index (χ1n) is 20.4. The van der Waals surface area contributed by atoms with E-state index in [1.54, 1.807) is 41.5 Å². The Morgan fingerprint density at radius 2 is 0.897 bits per heavy atom. The molecule has 3 amide bonds. The Morgan fingerprint density at radius 1 is 0.569 bits per heavy atom. The van der Waals surface area contributed by atoms with E-state index in [4.69, 9.17) is 41.7 Å². The number of nitrogens with zero attached hydrogens (tertiary/aromatic N) is 4. The van der Waals surface area contributed by atoms with E-state index in [0.717, 1.165) is 58.9 Å². The number of carbonyl (C=O) groups excluding carboxylic acids is 4. The summed E-state index contributed by atoms with van der Waals surface area (Å²) in [4.78, 5) is 54.6. The Hall–Kier alpha value is -2.68. The van der Waals surface area contributed by atoms with E-state index in [-0.39, 0.29) is 42.4 Å². The van der Waals surface area contributed by atoms with Crippen LogP contribution in [0, 0.1) is 0 Å². The predicted octanol–water partition coefficient (Wildman–Crippen LogP) is 3.87. The summed E-state index contributed by atoms with van der Waals surface area (Å²) in [6.07, 6.45) is 1.39. The van der Waals surface area contributed by atoms with Crippen LogP contribution in [0.15, 0.2) is 0 Å². The van der Waals surface area contributed by atoms with Crippen molar-refractivity contribution in [2.45, 2.75) is 145 Å². The van der Waals surface area contributed by atoms with Gasteiger partial charge in [-0.25, -0.2) is 10.7 Å². The maximum atomic E-state index is 12.7. The second kappa shape index (κ2) is 34.1. The fourth-order valence-electron chi connectivity index (χ4n) is 4.69. The summed E-state index contributed by atoms with van der Waals surface area (Å²) in [6.45, 7) is 35.6. The van der Waals surface area contributed by atoms with Crippen LogP contribution in [0.2, 0.25) is 0 Å². The van der Waals surface area contributed by atoms with E-state index in [2.05, 4.69) is 30.2 Å². The van der Waals surface area contributed by atoms with Gasteiger partial charge in [-0.2, -0.15) is 0 Å². The Morgan fingerprint density at radius 3 is 1.17 bits per heavy atom. The number of hydrogen-bond donors (Lipinski definition) is 6. The SMILES string of the molecule is CC.CC(C)(C)O.CC(C)(C)OC(N)=O.CC(C)(C)OCOCCN1CCN(CCCC(N)=O)CCN(CCCC(N)=O)CCN(CC(=O)OC(C)(C)C)CC1.NO.[HH].[HH].[HH].[HH]. The minimum atomic E-state index is -0.725. The summed E-state index contributed by atoms with van der Waals surface area (Å²) in [7, 11) is 0. The van der Waals surface area contributed by atoms with E-state index in [9.17, 15) is 19.2 Å². The third-order valence-electron chi connectivity index (χ3n) is 7.03. The summed E-state index contributed by atoms with van der Waals surface area (Å²) >= 11 is 0. The lowest BCUT2D eigenvalue weighted by Crippen LogP contribution is -2.48. The number of carbonyl (C=O) groups is 4. The van der Waals surface area contributed by atoms with Crippen molar-refractivity contribution in [1.82, 2.24) is 19.6 Å². The monoisotopic (exact) mass is 849 g/mol. The fraction of sp³-hybridized carbons (Fsp3) is 0.900. The van der Waals surface area contributed by atoms with Crippen molar-refractivity contribution in [1.29, 1.82) is 0 Å². The van der Waals surface area contributed by atoms with Gasteiger partial charge in [-0.1, -0.05) is 13.8 Å². The van der Waals surface area contributed by atoms with Crippen LogP contribution in [0.1, 0.15) is 128 Å². The summed E-state index contributed by atoms with van der Waals surface area (Å²) in [6, 6.07) is 0. The molecule has 18 heteroatoms. The molecule has 1 saturated heterocycles. The van der Waals surface area contributed by atoms with Crippen LogP contribution < -0.4 is 23.1 Å². The summed E-state index contributed by atoms with van der Waals surface area (Å²) < 4.78 is 21.6. The highest BCUT2D eigenvalue weighted by Gasteiger charge is 2.22. The van der Waals surface area contributed by atoms with Crippen molar-refractivity contribution in [2.75, 3.05) is 91.9 Å². The van der Waals surface area contributed by atoms with Gasteiger partial charge in [0, 0.05) is 77.5 Å². The Labute approximate surface area is 357 Å². The molecule has 1 aliphatic heterocycles. The molecule has 0 bridgehead atoms. The van der Waals surface area contributed by atoms with Gasteiger partial charge in [0.1, 0.15) is 18.0 Å². The predicted molar refractivity (Wildman–Crippen MR) is 238 cm³/mol. The number of primary amides is 3. The van der Waals surface area contributed by atoms with Crippen molar-refractivity contribution in [3.63, 3.8) is 0 Å². The van der Waals surface area contributed by atoms with Gasteiger partial charge in [0.2, 0.25) is 11.8 Å². The molecule has 1 fully saturated rings. The molecule has 0 radical (unpaired) electrons. The average Bonchev–Trinajstić information content (AvgIpc) is 3.03. The molecule has 0 saturated carbocycles. The van der Waals surface area contributed by atoms with Crippen molar-refractivity contribution in [3.05, 3.63) is 0 Å². The van der Waals surface area contributed by atoms with Crippen molar-refractivity contribution in [3.8, 4) is 0 Å². The van der Waals surface area contributed by atoms with Gasteiger partial charge in [0.25, 0.3) is 0 Å². The molecule has 0 aromatic carbocycles. The van der Waals surface area contributed by atoms with Crippen LogP contribution in [0.25, 0.3) is 0 Å². The molecule has 0 aromatic rings. The van der Waals surface area contributed by atoms with Crippen molar-refractivity contribution < 1.29 is 54.1 Å². The van der Waals surface area contributed by atoms with Crippen LogP contribution in [0.4, 0.5) is 4.79 Å². The quantitative estimate of drug-likeness (QED) is 0.0591. The highest BCUT2D eigenvalue weighted by Crippen LogP contribution is 2.10. The molecule has 10 N–H and O–H groups in total. The van der Waals surface area contributed by atoms with Gasteiger partial charge < -0.3 is 56.3 Å². The first-order valence-corrected chi connectivity index (χ1v) is 20.4. The number of esters is 1. The van der Waals surface area contributed by atoms with E-state index in [1.807, 2.05) is 55.4 Å². The smallest absolute Gasteiger partial charge is 0.405 e. The van der Waals surface area contributed by atoms with Crippen LogP contribution in [0.3, 0.4) is 0 Å². The van der Waals surface area contributed by atoms with Gasteiger partial charge >= 0.3 is 12.1 Å². The number of ether oxygens (including phenoxy) is 4. The molecule has 0 aliphatic carbocycles. The third-order valence-corrected chi connectivity index (χ3v) is 7.03. The van der Waals surface area contributed by atoms with Gasteiger partial charge in [-0.3, -0.25) is 24.2 Å². The zero-order valence-corrected chi connectivity index (χ0v) is 39.0. The fourth-order valence-corrected chi connectivity index (χ4v) is 4.69. The third kappa shape index (κ3) is 53.3. The summed E-state index contributed by atoms with van der Waals surface area (Å²) in [5.41, 5.74) is 13.7. The lowest BCUT2D eigenvalue weighted by atomic mass is 10.2. The molecule has 58 heavy (non-hydrogen) atoms. The standard InChI is InChI=1S/C29H58N6O6.C5H11NO2.C4H10O.C2H6.H3NO.4H2/c1-28(2,3)40-24-39-22-21-34-16-15-32(11-7-9-25(30)36)13-14-33(12-8-10-26(31)37)17-19-35(20-18-34)23-27(38)41-29(4,5)6;1-5(2,3)8-4(6)7;1-4(2,3)5;2*1-2;;;;/h7-24H2,1-6H3,(H2,30,36)(H2,31,37);1-3H3,(H2,6,7);5H,1-3H3;1-2H3;2H,1H2;4*1H. The molecule has 1 aliphatic rings. The van der Waals surface area contributed by atoms with Gasteiger partial charge in [-0.15, -0.1) is 0 Å². The molecule has 1 rings (SSSR count). The van der Waals surface area contributed by atoms with Gasteiger partial charge in [-0.05, 0) is 109 Å². The lowest BCUT2D eigenvalue weighted by molar-refractivity contribution is -0.156. The van der Waals surface area contributed by atoms with E-state index < -0.39 is 22.9 Å². The first-order chi connectivity index (χ1) is 26.5. The van der Waals surface area contributed by atoms with Crippen LogP contribution in [-0.2, 0) is 33.3 Å². The van der Waals surface area contributed by atoms with E-state index in [1.165, 1.54) is 0 Å². The molecule has 18 nitrogen and oxygen atoms in total. The van der Waals surface area contributed by atoms with Crippen molar-refractivity contribution in [2.24, 2.45) is 23.1 Å². The maximum absolute atomic E-state index is 12.7. The molecular formula is C40H96N8O10. The molecular weight excluding hydrogens is 752 g/mol. The highest BCUT2D eigenvalue weighted by molar-refractivity contribution is 5.74. The van der Waals surface area contributed by atoms with E-state index >= 15 is 0 Å². The molecule has 0 spiro atoms. The normalized spacial score (nSPS) is 15.5. The minimum absolute atomic E-state index is 0. The molecule has 0 aromatic heterocycles. The average molecular weight is 849 g/mol. The second-order valence-electron chi connectivity index (χ2n) is 17.5. The van der Waals surface area contributed by atoms with Crippen LogP contribution >= 0.6 is 0 Å². The Balaban J connectivity index is -0.000000197. The number of rotatable bonds is 15. The number of aliphatic hydroxyl groups is 1. The first kappa shape index (κ1) is 62.0. The Bertz CT molecular complexity index is 1070. The van der Waals surface area contributed by atoms with Crippen molar-refractivity contribution >= 4 is 23.9 Å². The minimum Gasteiger partial charge on any atom is -0.459 e. The van der Waals surface area contributed by atoms with Gasteiger partial charge in [0.05, 0.1) is 24.4 Å². The largest absolute Gasteiger partial charge is 0.459 e. The maximum Gasteiger partial charge on any atom is 0.405 e. The number of amides is 3. The second-order valence-corrected chi connectivity index (χ2v) is 17.5.